The van der Waals surface area contributed by atoms with E-state index in [4.69, 9.17) is 23.2 Å². The standard InChI is InChI=1S/C27H32Cl2N4O2/c1-19-3-2-11-30-26(19)33-18-27(9-6-25(33)35,20-4-5-23(28)24(29)15-20)10-14-31-16-21(17-31)32-12-7-22(34)8-13-32/h2-5,11,15,21H,6-10,12-14,16-18H2,1H3/t27-/m1/s1. The van der Waals surface area contributed by atoms with Crippen molar-refractivity contribution in [1.29, 1.82) is 0 Å². The molecule has 1 aromatic heterocycles. The second-order valence-electron chi connectivity index (χ2n) is 10.3. The van der Waals surface area contributed by atoms with E-state index in [0.717, 1.165) is 62.5 Å². The number of halogens is 2. The molecular weight excluding hydrogens is 483 g/mol. The van der Waals surface area contributed by atoms with Gasteiger partial charge in [0.2, 0.25) is 5.91 Å². The van der Waals surface area contributed by atoms with Crippen molar-refractivity contribution >= 4 is 40.7 Å². The predicted octanol–water partition coefficient (Wildman–Crippen LogP) is 4.50. The summed E-state index contributed by atoms with van der Waals surface area (Å²) in [6.07, 6.45) is 5.30. The van der Waals surface area contributed by atoms with Gasteiger partial charge in [0.05, 0.1) is 10.0 Å². The molecule has 2 aromatic rings. The topological polar surface area (TPSA) is 56.8 Å². The summed E-state index contributed by atoms with van der Waals surface area (Å²) in [5.74, 6) is 1.25. The normalized spacial score (nSPS) is 24.6. The molecule has 186 valence electrons. The maximum atomic E-state index is 13.0. The van der Waals surface area contributed by atoms with Gasteiger partial charge in [0.25, 0.3) is 0 Å². The number of piperidine rings is 2. The van der Waals surface area contributed by atoms with Crippen LogP contribution in [0.25, 0.3) is 0 Å². The zero-order valence-electron chi connectivity index (χ0n) is 20.2. The van der Waals surface area contributed by atoms with Crippen LogP contribution < -0.4 is 4.90 Å². The second kappa shape index (κ2) is 10.2. The first kappa shape index (κ1) is 24.7. The Balaban J connectivity index is 1.34. The minimum Gasteiger partial charge on any atom is -0.300 e. The molecular formula is C27H32Cl2N4O2. The van der Waals surface area contributed by atoms with Gasteiger partial charge in [0, 0.05) is 69.6 Å². The van der Waals surface area contributed by atoms with E-state index in [1.165, 1.54) is 0 Å². The number of likely N-dealkylation sites (tertiary alicyclic amines) is 2. The van der Waals surface area contributed by atoms with E-state index in [-0.39, 0.29) is 11.3 Å². The molecule has 3 fully saturated rings. The smallest absolute Gasteiger partial charge is 0.228 e. The van der Waals surface area contributed by atoms with Crippen LogP contribution in [-0.2, 0) is 15.0 Å². The van der Waals surface area contributed by atoms with Gasteiger partial charge in [-0.1, -0.05) is 35.3 Å². The average Bonchev–Trinajstić information content (AvgIpc) is 2.82. The first-order valence-corrected chi connectivity index (χ1v) is 13.3. The molecule has 3 aliphatic heterocycles. The Morgan fingerprint density at radius 2 is 1.83 bits per heavy atom. The summed E-state index contributed by atoms with van der Waals surface area (Å²) in [5, 5.41) is 1.09. The molecule has 35 heavy (non-hydrogen) atoms. The summed E-state index contributed by atoms with van der Waals surface area (Å²) in [6, 6.07) is 10.4. The number of amides is 1. The SMILES string of the molecule is Cc1cccnc1N1C[C@@](CCN2CC(N3CCC(=O)CC3)C2)(c2ccc(Cl)c(Cl)c2)CCC1=O. The number of ketones is 1. The van der Waals surface area contributed by atoms with Crippen molar-refractivity contribution in [2.24, 2.45) is 0 Å². The molecule has 5 rings (SSSR count). The highest BCUT2D eigenvalue weighted by Crippen LogP contribution is 2.42. The fourth-order valence-electron chi connectivity index (χ4n) is 5.78. The van der Waals surface area contributed by atoms with Crippen molar-refractivity contribution in [3.8, 4) is 0 Å². The van der Waals surface area contributed by atoms with E-state index in [2.05, 4.69) is 20.9 Å². The molecule has 0 bridgehead atoms. The monoisotopic (exact) mass is 514 g/mol. The van der Waals surface area contributed by atoms with E-state index in [0.29, 0.717) is 47.7 Å². The van der Waals surface area contributed by atoms with Gasteiger partial charge in [0.1, 0.15) is 11.6 Å². The zero-order chi connectivity index (χ0) is 24.6. The fourth-order valence-corrected chi connectivity index (χ4v) is 6.08. The molecule has 4 heterocycles. The van der Waals surface area contributed by atoms with Crippen LogP contribution in [0, 0.1) is 6.92 Å². The Morgan fingerprint density at radius 1 is 1.06 bits per heavy atom. The van der Waals surface area contributed by atoms with Crippen molar-refractivity contribution < 1.29 is 9.59 Å². The number of anilines is 1. The minimum absolute atomic E-state index is 0.117. The molecule has 0 spiro atoms. The van der Waals surface area contributed by atoms with Crippen LogP contribution in [0.4, 0.5) is 5.82 Å². The summed E-state index contributed by atoms with van der Waals surface area (Å²) >= 11 is 12.7. The first-order valence-electron chi connectivity index (χ1n) is 12.5. The number of Topliss-reactive ketones (excluding diaryl/α,β-unsaturated/α-hetero) is 1. The lowest BCUT2D eigenvalue weighted by Crippen LogP contribution is -2.61. The van der Waals surface area contributed by atoms with E-state index < -0.39 is 0 Å². The molecule has 0 N–H and O–H groups in total. The number of carbonyl (C=O) groups is 2. The lowest BCUT2D eigenvalue weighted by molar-refractivity contribution is -0.122. The third-order valence-electron chi connectivity index (χ3n) is 8.07. The Bertz CT molecular complexity index is 1110. The highest BCUT2D eigenvalue weighted by molar-refractivity contribution is 6.42. The Hall–Kier alpha value is -1.99. The van der Waals surface area contributed by atoms with Crippen molar-refractivity contribution in [3.05, 3.63) is 57.7 Å². The molecule has 6 nitrogen and oxygen atoms in total. The number of hydrogen-bond donors (Lipinski definition) is 0. The Morgan fingerprint density at radius 3 is 2.54 bits per heavy atom. The maximum absolute atomic E-state index is 13.0. The van der Waals surface area contributed by atoms with E-state index >= 15 is 0 Å². The summed E-state index contributed by atoms with van der Waals surface area (Å²) in [4.78, 5) is 36.0. The lowest BCUT2D eigenvalue weighted by Gasteiger charge is -2.49. The van der Waals surface area contributed by atoms with Crippen LogP contribution in [0.5, 0.6) is 0 Å². The molecule has 0 saturated carbocycles. The zero-order valence-corrected chi connectivity index (χ0v) is 21.7. The van der Waals surface area contributed by atoms with Crippen molar-refractivity contribution in [2.75, 3.05) is 44.2 Å². The maximum Gasteiger partial charge on any atom is 0.228 e. The van der Waals surface area contributed by atoms with Gasteiger partial charge in [-0.15, -0.1) is 0 Å². The van der Waals surface area contributed by atoms with Crippen molar-refractivity contribution in [2.45, 2.75) is 50.5 Å². The number of rotatable bonds is 6. The second-order valence-corrected chi connectivity index (χ2v) is 11.1. The number of aryl methyl sites for hydroxylation is 1. The molecule has 1 atom stereocenters. The molecule has 3 aliphatic rings. The molecule has 8 heteroatoms. The van der Waals surface area contributed by atoms with Crippen LogP contribution in [-0.4, -0.2) is 71.8 Å². The largest absolute Gasteiger partial charge is 0.300 e. The lowest BCUT2D eigenvalue weighted by atomic mass is 9.71. The Labute approximate surface area is 217 Å². The Kier molecular flexibility index (Phi) is 7.18. The summed E-state index contributed by atoms with van der Waals surface area (Å²) in [7, 11) is 0. The van der Waals surface area contributed by atoms with E-state index in [1.807, 2.05) is 36.1 Å². The first-order chi connectivity index (χ1) is 16.8. The highest BCUT2D eigenvalue weighted by Gasteiger charge is 2.43. The molecule has 3 saturated heterocycles. The third kappa shape index (κ3) is 5.12. The summed E-state index contributed by atoms with van der Waals surface area (Å²) in [5.41, 5.74) is 1.90. The number of benzene rings is 1. The predicted molar refractivity (Wildman–Crippen MR) is 139 cm³/mol. The van der Waals surface area contributed by atoms with Gasteiger partial charge in [-0.2, -0.15) is 0 Å². The molecule has 1 aromatic carbocycles. The van der Waals surface area contributed by atoms with Crippen LogP contribution in [0.1, 0.15) is 43.2 Å². The van der Waals surface area contributed by atoms with Crippen molar-refractivity contribution in [1.82, 2.24) is 14.8 Å². The minimum atomic E-state index is -0.227. The van der Waals surface area contributed by atoms with Crippen LogP contribution >= 0.6 is 23.2 Å². The highest BCUT2D eigenvalue weighted by atomic mass is 35.5. The molecule has 0 radical (unpaired) electrons. The molecule has 1 amide bonds. The van der Waals surface area contributed by atoms with Gasteiger partial charge in [-0.3, -0.25) is 19.4 Å². The average molecular weight is 515 g/mol. The third-order valence-corrected chi connectivity index (χ3v) is 8.80. The fraction of sp³-hybridized carbons (Fsp3) is 0.519. The number of aromatic nitrogens is 1. The van der Waals surface area contributed by atoms with Gasteiger partial charge in [-0.05, 0) is 55.6 Å². The number of carbonyl (C=O) groups excluding carboxylic acids is 2. The molecule has 0 unspecified atom stereocenters. The number of hydrogen-bond acceptors (Lipinski definition) is 5. The number of pyridine rings is 1. The van der Waals surface area contributed by atoms with Gasteiger partial charge < -0.3 is 4.90 Å². The van der Waals surface area contributed by atoms with E-state index in [1.54, 1.807) is 6.20 Å². The van der Waals surface area contributed by atoms with Gasteiger partial charge in [0.15, 0.2) is 0 Å². The van der Waals surface area contributed by atoms with Crippen LogP contribution in [0.2, 0.25) is 10.0 Å². The van der Waals surface area contributed by atoms with Crippen LogP contribution in [0.3, 0.4) is 0 Å². The summed E-state index contributed by atoms with van der Waals surface area (Å²) in [6.45, 7) is 7.39. The van der Waals surface area contributed by atoms with Crippen LogP contribution in [0.15, 0.2) is 36.5 Å². The quantitative estimate of drug-likeness (QED) is 0.567. The van der Waals surface area contributed by atoms with Crippen molar-refractivity contribution in [3.63, 3.8) is 0 Å². The van der Waals surface area contributed by atoms with Gasteiger partial charge >= 0.3 is 0 Å². The van der Waals surface area contributed by atoms with Gasteiger partial charge in [-0.25, -0.2) is 4.98 Å². The number of nitrogens with zero attached hydrogens (tertiary/aromatic N) is 4. The van der Waals surface area contributed by atoms with E-state index in [9.17, 15) is 9.59 Å². The molecule has 0 aliphatic carbocycles. The summed E-state index contributed by atoms with van der Waals surface area (Å²) < 4.78 is 0.